The molecule has 2 aliphatic rings. The molecule has 0 bridgehead atoms. The van der Waals surface area contributed by atoms with Crippen molar-refractivity contribution in [2.24, 2.45) is 5.92 Å². The molecule has 134 valence electrons. The highest BCUT2D eigenvalue weighted by molar-refractivity contribution is 5.68. The van der Waals surface area contributed by atoms with E-state index in [1.54, 1.807) is 0 Å². The summed E-state index contributed by atoms with van der Waals surface area (Å²) in [7, 11) is 0. The Morgan fingerprint density at radius 2 is 2.13 bits per heavy atom. The van der Waals surface area contributed by atoms with Crippen LogP contribution in [-0.4, -0.2) is 54.5 Å². The lowest BCUT2D eigenvalue weighted by atomic mass is 10.0. The van der Waals surface area contributed by atoms with E-state index in [-0.39, 0.29) is 6.09 Å². The van der Waals surface area contributed by atoms with E-state index in [9.17, 15) is 4.79 Å². The van der Waals surface area contributed by atoms with Crippen LogP contribution in [0, 0.1) is 5.92 Å². The summed E-state index contributed by atoms with van der Waals surface area (Å²) in [5.41, 5.74) is -0.424. The number of amides is 1. The number of rotatable bonds is 5. The third kappa shape index (κ3) is 5.64. The van der Waals surface area contributed by atoms with Gasteiger partial charge in [-0.05, 0) is 66.2 Å². The van der Waals surface area contributed by atoms with Gasteiger partial charge in [0, 0.05) is 31.8 Å². The molecule has 2 heterocycles. The van der Waals surface area contributed by atoms with Gasteiger partial charge in [0.15, 0.2) is 0 Å². The normalized spacial score (nSPS) is 29.8. The lowest BCUT2D eigenvalue weighted by Gasteiger charge is -2.30. The number of hydrogen-bond acceptors (Lipinski definition) is 4. The van der Waals surface area contributed by atoms with Crippen molar-refractivity contribution in [1.82, 2.24) is 10.2 Å². The van der Waals surface area contributed by atoms with Crippen LogP contribution < -0.4 is 5.32 Å². The molecule has 2 fully saturated rings. The van der Waals surface area contributed by atoms with Crippen LogP contribution in [0.1, 0.15) is 60.3 Å². The Morgan fingerprint density at radius 1 is 1.39 bits per heavy atom. The Kier molecular flexibility index (Phi) is 6.32. The summed E-state index contributed by atoms with van der Waals surface area (Å²) in [6, 6.07) is 0.695. The van der Waals surface area contributed by atoms with Crippen molar-refractivity contribution in [1.29, 1.82) is 0 Å². The zero-order chi connectivity index (χ0) is 17.0. The molecule has 4 atom stereocenters. The zero-order valence-electron chi connectivity index (χ0n) is 15.4. The smallest absolute Gasteiger partial charge is 0.410 e. The lowest BCUT2D eigenvalue weighted by molar-refractivity contribution is 0.0214. The number of ether oxygens (including phenoxy) is 2. The third-order valence-electron chi connectivity index (χ3n) is 4.89. The van der Waals surface area contributed by atoms with Crippen molar-refractivity contribution < 1.29 is 14.3 Å². The molecule has 0 aromatic heterocycles. The summed E-state index contributed by atoms with van der Waals surface area (Å²) in [6.07, 6.45) is 4.48. The minimum Gasteiger partial charge on any atom is -0.444 e. The van der Waals surface area contributed by atoms with Crippen LogP contribution in [0.2, 0.25) is 0 Å². The van der Waals surface area contributed by atoms with Gasteiger partial charge in [-0.3, -0.25) is 0 Å². The second-order valence-electron chi connectivity index (χ2n) is 8.14. The van der Waals surface area contributed by atoms with E-state index in [1.165, 1.54) is 0 Å². The second kappa shape index (κ2) is 7.84. The fourth-order valence-corrected chi connectivity index (χ4v) is 3.53. The number of carbonyl (C=O) groups excluding carboxylic acids is 1. The minimum absolute atomic E-state index is 0.162. The van der Waals surface area contributed by atoms with Gasteiger partial charge in [0.25, 0.3) is 0 Å². The monoisotopic (exact) mass is 326 g/mol. The highest BCUT2D eigenvalue weighted by Crippen LogP contribution is 2.24. The standard InChI is InChI=1S/C18H34N2O3/c1-13(19-12-15-8-10-22-14(15)2)11-16-7-6-9-20(16)17(21)23-18(3,4)5/h13-16,19H,6-12H2,1-5H3. The van der Waals surface area contributed by atoms with Gasteiger partial charge in [-0.15, -0.1) is 0 Å². The van der Waals surface area contributed by atoms with E-state index in [1.807, 2.05) is 25.7 Å². The zero-order valence-corrected chi connectivity index (χ0v) is 15.4. The summed E-state index contributed by atoms with van der Waals surface area (Å²) in [6.45, 7) is 12.8. The molecule has 0 aliphatic carbocycles. The van der Waals surface area contributed by atoms with Crippen molar-refractivity contribution in [3.63, 3.8) is 0 Å². The molecule has 0 spiro atoms. The number of likely N-dealkylation sites (tertiary alicyclic amines) is 1. The number of nitrogens with one attached hydrogen (secondary N) is 1. The van der Waals surface area contributed by atoms with Crippen LogP contribution in [0.4, 0.5) is 4.79 Å². The Morgan fingerprint density at radius 3 is 2.74 bits per heavy atom. The van der Waals surface area contributed by atoms with E-state index in [2.05, 4.69) is 19.2 Å². The third-order valence-corrected chi connectivity index (χ3v) is 4.89. The maximum atomic E-state index is 12.3. The molecule has 0 saturated carbocycles. The van der Waals surface area contributed by atoms with Gasteiger partial charge in [-0.1, -0.05) is 0 Å². The Hall–Kier alpha value is -0.810. The van der Waals surface area contributed by atoms with E-state index >= 15 is 0 Å². The van der Waals surface area contributed by atoms with Crippen molar-refractivity contribution in [3.05, 3.63) is 0 Å². The molecule has 0 radical (unpaired) electrons. The van der Waals surface area contributed by atoms with Crippen molar-refractivity contribution in [2.45, 2.75) is 84.1 Å². The summed E-state index contributed by atoms with van der Waals surface area (Å²) < 4.78 is 11.2. The molecule has 2 rings (SSSR count). The van der Waals surface area contributed by atoms with E-state index in [4.69, 9.17) is 9.47 Å². The fraction of sp³-hybridized carbons (Fsp3) is 0.944. The molecule has 5 nitrogen and oxygen atoms in total. The highest BCUT2D eigenvalue weighted by Gasteiger charge is 2.33. The maximum Gasteiger partial charge on any atom is 0.410 e. The van der Waals surface area contributed by atoms with Gasteiger partial charge < -0.3 is 19.7 Å². The van der Waals surface area contributed by atoms with Crippen molar-refractivity contribution in [3.8, 4) is 0 Å². The van der Waals surface area contributed by atoms with E-state index < -0.39 is 5.60 Å². The lowest BCUT2D eigenvalue weighted by Crippen LogP contribution is -2.43. The molecule has 2 saturated heterocycles. The van der Waals surface area contributed by atoms with Crippen molar-refractivity contribution >= 4 is 6.09 Å². The van der Waals surface area contributed by atoms with Gasteiger partial charge in [-0.25, -0.2) is 4.79 Å². The molecule has 2 aliphatic heterocycles. The molecule has 1 N–H and O–H groups in total. The highest BCUT2D eigenvalue weighted by atomic mass is 16.6. The average Bonchev–Trinajstić information content (AvgIpc) is 3.03. The fourth-order valence-electron chi connectivity index (χ4n) is 3.53. The first-order chi connectivity index (χ1) is 10.8. The molecule has 0 aromatic rings. The van der Waals surface area contributed by atoms with Crippen LogP contribution in [0.25, 0.3) is 0 Å². The SMILES string of the molecule is CC(CC1CCCN1C(=O)OC(C)(C)C)NCC1CCOC1C. The average molecular weight is 326 g/mol. The molecule has 1 amide bonds. The number of nitrogens with zero attached hydrogens (tertiary/aromatic N) is 1. The molecule has 23 heavy (non-hydrogen) atoms. The first-order valence-corrected chi connectivity index (χ1v) is 9.11. The van der Waals surface area contributed by atoms with Gasteiger partial charge >= 0.3 is 6.09 Å². The molecular weight excluding hydrogens is 292 g/mol. The number of carbonyl (C=O) groups is 1. The van der Waals surface area contributed by atoms with Crippen LogP contribution >= 0.6 is 0 Å². The molecule has 0 aromatic carbocycles. The van der Waals surface area contributed by atoms with Crippen LogP contribution in [0.5, 0.6) is 0 Å². The Labute approximate surface area is 141 Å². The summed E-state index contributed by atoms with van der Waals surface area (Å²) in [4.78, 5) is 14.3. The molecule has 5 heteroatoms. The van der Waals surface area contributed by atoms with E-state index in [0.29, 0.717) is 24.1 Å². The van der Waals surface area contributed by atoms with Crippen LogP contribution in [0.3, 0.4) is 0 Å². The van der Waals surface area contributed by atoms with Gasteiger partial charge in [0.05, 0.1) is 6.10 Å². The van der Waals surface area contributed by atoms with Crippen LogP contribution in [-0.2, 0) is 9.47 Å². The molecular formula is C18H34N2O3. The summed E-state index contributed by atoms with van der Waals surface area (Å²) in [5, 5.41) is 3.63. The minimum atomic E-state index is -0.424. The van der Waals surface area contributed by atoms with Crippen LogP contribution in [0.15, 0.2) is 0 Å². The maximum absolute atomic E-state index is 12.3. The summed E-state index contributed by atoms with van der Waals surface area (Å²) >= 11 is 0. The quantitative estimate of drug-likeness (QED) is 0.843. The van der Waals surface area contributed by atoms with Crippen molar-refractivity contribution in [2.75, 3.05) is 19.7 Å². The second-order valence-corrected chi connectivity index (χ2v) is 8.14. The van der Waals surface area contributed by atoms with Gasteiger partial charge in [0.2, 0.25) is 0 Å². The predicted molar refractivity (Wildman–Crippen MR) is 91.6 cm³/mol. The predicted octanol–water partition coefficient (Wildman–Crippen LogP) is 3.18. The first-order valence-electron chi connectivity index (χ1n) is 9.11. The molecule has 4 unspecified atom stereocenters. The first kappa shape index (κ1) is 18.5. The van der Waals surface area contributed by atoms with E-state index in [0.717, 1.165) is 45.4 Å². The largest absolute Gasteiger partial charge is 0.444 e. The Bertz CT molecular complexity index is 394. The van der Waals surface area contributed by atoms with Gasteiger partial charge in [0.1, 0.15) is 5.60 Å². The van der Waals surface area contributed by atoms with Gasteiger partial charge in [-0.2, -0.15) is 0 Å². The summed E-state index contributed by atoms with van der Waals surface area (Å²) in [5.74, 6) is 0.614. The topological polar surface area (TPSA) is 50.8 Å². The Balaban J connectivity index is 1.77. The number of hydrogen-bond donors (Lipinski definition) is 1.